The Balaban J connectivity index is 1.73. The van der Waals surface area contributed by atoms with Crippen molar-refractivity contribution in [2.45, 2.75) is 44.1 Å². The average Bonchev–Trinajstić information content (AvgIpc) is 3.10. The van der Waals surface area contributed by atoms with Gasteiger partial charge in [-0.05, 0) is 49.1 Å². The van der Waals surface area contributed by atoms with E-state index in [0.29, 0.717) is 6.10 Å². The van der Waals surface area contributed by atoms with Crippen LogP contribution in [0.1, 0.15) is 42.7 Å². The summed E-state index contributed by atoms with van der Waals surface area (Å²) < 4.78 is 5.29. The first-order valence-corrected chi connectivity index (χ1v) is 6.13. The Bertz CT molecular complexity index is 341. The zero-order valence-corrected chi connectivity index (χ0v) is 9.11. The van der Waals surface area contributed by atoms with Crippen molar-refractivity contribution in [2.75, 3.05) is 6.61 Å². The topological polar surface area (TPSA) is 12.5 Å². The molecular weight excluding hydrogens is 184 g/mol. The molecule has 0 N–H and O–H groups in total. The van der Waals surface area contributed by atoms with E-state index in [1.54, 1.807) is 11.1 Å². The molecule has 1 nitrogen and oxygen atoms in total. The number of hydrogen-bond acceptors (Lipinski definition) is 1. The van der Waals surface area contributed by atoms with Crippen LogP contribution in [0.5, 0.6) is 0 Å². The Kier molecular flexibility index (Phi) is 2.49. The summed E-state index contributed by atoms with van der Waals surface area (Å²) in [6.07, 6.45) is 7.21. The van der Waals surface area contributed by atoms with Gasteiger partial charge in [0.15, 0.2) is 0 Å². The lowest BCUT2D eigenvalue weighted by atomic mass is 9.80. The van der Waals surface area contributed by atoms with E-state index in [9.17, 15) is 0 Å². The molecule has 1 aromatic rings. The highest BCUT2D eigenvalue weighted by Crippen LogP contribution is 2.35. The monoisotopic (exact) mass is 202 g/mol. The van der Waals surface area contributed by atoms with Crippen LogP contribution in [0, 0.1) is 0 Å². The number of epoxide rings is 1. The number of ether oxygens (including phenoxy) is 1. The zero-order chi connectivity index (χ0) is 10.1. The van der Waals surface area contributed by atoms with E-state index >= 15 is 0 Å². The van der Waals surface area contributed by atoms with Gasteiger partial charge in [-0.3, -0.25) is 0 Å². The van der Waals surface area contributed by atoms with E-state index in [-0.39, 0.29) is 0 Å². The molecule has 1 fully saturated rings. The van der Waals surface area contributed by atoms with Crippen LogP contribution in [0.25, 0.3) is 0 Å². The van der Waals surface area contributed by atoms with Crippen LogP contribution in [0.4, 0.5) is 0 Å². The van der Waals surface area contributed by atoms with Gasteiger partial charge in [-0.25, -0.2) is 0 Å². The average molecular weight is 202 g/mol. The van der Waals surface area contributed by atoms with E-state index in [2.05, 4.69) is 24.3 Å². The number of fused-ring (bicyclic) bond motifs is 1. The van der Waals surface area contributed by atoms with Gasteiger partial charge in [-0.2, -0.15) is 0 Å². The minimum Gasteiger partial charge on any atom is -0.373 e. The molecule has 1 heteroatoms. The Labute approximate surface area is 91.5 Å². The summed E-state index contributed by atoms with van der Waals surface area (Å²) in [7, 11) is 0. The van der Waals surface area contributed by atoms with Crippen molar-refractivity contribution < 1.29 is 4.74 Å². The molecule has 0 bridgehead atoms. The third-order valence-corrected chi connectivity index (χ3v) is 3.73. The fourth-order valence-electron chi connectivity index (χ4n) is 2.78. The molecule has 2 aliphatic rings. The maximum absolute atomic E-state index is 5.29. The second kappa shape index (κ2) is 3.97. The highest BCUT2D eigenvalue weighted by molar-refractivity contribution is 5.32. The summed E-state index contributed by atoms with van der Waals surface area (Å²) in [4.78, 5) is 0. The van der Waals surface area contributed by atoms with Crippen LogP contribution in [0.3, 0.4) is 0 Å². The van der Waals surface area contributed by atoms with Crippen LogP contribution >= 0.6 is 0 Å². The Hall–Kier alpha value is -0.820. The third-order valence-electron chi connectivity index (χ3n) is 3.73. The van der Waals surface area contributed by atoms with E-state index in [4.69, 9.17) is 4.74 Å². The van der Waals surface area contributed by atoms with Crippen molar-refractivity contribution in [2.24, 2.45) is 0 Å². The van der Waals surface area contributed by atoms with Gasteiger partial charge in [-0.15, -0.1) is 0 Å². The van der Waals surface area contributed by atoms with E-state index in [1.165, 1.54) is 32.1 Å². The quantitative estimate of drug-likeness (QED) is 0.685. The summed E-state index contributed by atoms with van der Waals surface area (Å²) in [5, 5.41) is 0. The van der Waals surface area contributed by atoms with Crippen molar-refractivity contribution >= 4 is 0 Å². The van der Waals surface area contributed by atoms with Crippen molar-refractivity contribution in [3.63, 3.8) is 0 Å². The fourth-order valence-corrected chi connectivity index (χ4v) is 2.78. The minimum absolute atomic E-state index is 0.596. The van der Waals surface area contributed by atoms with Gasteiger partial charge in [0.25, 0.3) is 0 Å². The van der Waals surface area contributed by atoms with Gasteiger partial charge < -0.3 is 4.74 Å². The van der Waals surface area contributed by atoms with Crippen LogP contribution in [0.2, 0.25) is 0 Å². The normalized spacial score (nSPS) is 28.5. The highest BCUT2D eigenvalue weighted by Gasteiger charge is 2.26. The largest absolute Gasteiger partial charge is 0.373 e. The van der Waals surface area contributed by atoms with Crippen LogP contribution in [-0.4, -0.2) is 12.7 Å². The number of benzene rings is 1. The molecule has 3 rings (SSSR count). The first kappa shape index (κ1) is 9.41. The molecule has 0 amide bonds. The van der Waals surface area contributed by atoms with Crippen molar-refractivity contribution in [1.29, 1.82) is 0 Å². The third kappa shape index (κ3) is 2.07. The van der Waals surface area contributed by atoms with Gasteiger partial charge in [0.2, 0.25) is 0 Å². The maximum atomic E-state index is 5.29. The van der Waals surface area contributed by atoms with Gasteiger partial charge in [0, 0.05) is 0 Å². The molecule has 1 saturated heterocycles. The summed E-state index contributed by atoms with van der Waals surface area (Å²) in [6, 6.07) is 8.98. The number of hydrogen-bond donors (Lipinski definition) is 0. The molecule has 0 saturated carbocycles. The molecule has 1 heterocycles. The van der Waals surface area contributed by atoms with Crippen molar-refractivity contribution in [3.05, 3.63) is 35.4 Å². The number of aryl methyl sites for hydroxylation is 1. The van der Waals surface area contributed by atoms with Gasteiger partial charge >= 0.3 is 0 Å². The van der Waals surface area contributed by atoms with Gasteiger partial charge in [-0.1, -0.05) is 24.3 Å². The van der Waals surface area contributed by atoms with Crippen molar-refractivity contribution in [1.82, 2.24) is 0 Å². The molecule has 0 radical (unpaired) electrons. The van der Waals surface area contributed by atoms with Gasteiger partial charge in [0.1, 0.15) is 0 Å². The predicted octanol–water partition coefficient (Wildman–Crippen LogP) is 3.29. The van der Waals surface area contributed by atoms with Gasteiger partial charge in [0.05, 0.1) is 12.7 Å². The molecule has 1 aliphatic carbocycles. The molecule has 15 heavy (non-hydrogen) atoms. The number of rotatable bonds is 3. The maximum Gasteiger partial charge on any atom is 0.0810 e. The molecule has 2 atom stereocenters. The Morgan fingerprint density at radius 2 is 2.07 bits per heavy atom. The molecule has 1 aromatic carbocycles. The van der Waals surface area contributed by atoms with Crippen LogP contribution in [-0.2, 0) is 11.2 Å². The molecule has 80 valence electrons. The summed E-state index contributed by atoms with van der Waals surface area (Å²) in [6.45, 7) is 1.01. The smallest absolute Gasteiger partial charge is 0.0810 e. The van der Waals surface area contributed by atoms with Crippen LogP contribution in [0.15, 0.2) is 24.3 Å². The van der Waals surface area contributed by atoms with E-state index < -0.39 is 0 Å². The summed E-state index contributed by atoms with van der Waals surface area (Å²) in [5.74, 6) is 0.805. The molecule has 0 spiro atoms. The zero-order valence-electron chi connectivity index (χ0n) is 9.11. The standard InChI is InChI=1S/C14H18O/c1-2-7-14-11(4-1)5-3-6-12(14)8-9-13-10-15-13/h1-2,4,7,12-13H,3,5-6,8-10H2. The van der Waals surface area contributed by atoms with E-state index in [1.807, 2.05) is 0 Å². The van der Waals surface area contributed by atoms with Crippen molar-refractivity contribution in [3.8, 4) is 0 Å². The van der Waals surface area contributed by atoms with E-state index in [0.717, 1.165) is 12.5 Å². The molecule has 0 aromatic heterocycles. The predicted molar refractivity (Wildman–Crippen MR) is 61.1 cm³/mol. The first-order valence-electron chi connectivity index (χ1n) is 6.13. The summed E-state index contributed by atoms with van der Waals surface area (Å²) in [5.41, 5.74) is 3.20. The van der Waals surface area contributed by atoms with Crippen LogP contribution < -0.4 is 0 Å². The SMILES string of the molecule is c1ccc2c(c1)CCCC2CCC1CO1. The molecular formula is C14H18O. The summed E-state index contributed by atoms with van der Waals surface area (Å²) >= 11 is 0. The lowest BCUT2D eigenvalue weighted by molar-refractivity contribution is 0.377. The highest BCUT2D eigenvalue weighted by atomic mass is 16.6. The minimum atomic E-state index is 0.596. The molecule has 1 aliphatic heterocycles. The Morgan fingerprint density at radius 3 is 2.93 bits per heavy atom. The first-order chi connectivity index (χ1) is 7.43. The lowest BCUT2D eigenvalue weighted by Crippen LogP contribution is -2.10. The second-order valence-corrected chi connectivity index (χ2v) is 4.82. The lowest BCUT2D eigenvalue weighted by Gasteiger charge is -2.25. The fraction of sp³-hybridized carbons (Fsp3) is 0.571. The Morgan fingerprint density at radius 1 is 1.20 bits per heavy atom. The molecule has 2 unspecified atom stereocenters. The second-order valence-electron chi connectivity index (χ2n) is 4.82.